The van der Waals surface area contributed by atoms with Crippen LogP contribution in [0.25, 0.3) is 0 Å². The monoisotopic (exact) mass is 280 g/mol. The van der Waals surface area contributed by atoms with Gasteiger partial charge < -0.3 is 5.11 Å². The molecule has 0 amide bonds. The van der Waals surface area contributed by atoms with E-state index >= 15 is 0 Å². The van der Waals surface area contributed by atoms with Gasteiger partial charge >= 0.3 is 5.97 Å². The van der Waals surface area contributed by atoms with Gasteiger partial charge in [0.05, 0.1) is 4.92 Å². The molecule has 19 heavy (non-hydrogen) atoms. The Kier molecular flexibility index (Phi) is 3.76. The van der Waals surface area contributed by atoms with Crippen molar-refractivity contribution in [3.8, 4) is 0 Å². The number of hydrogen-bond acceptors (Lipinski definition) is 6. The second kappa shape index (κ2) is 5.48. The number of thioether (sulfide) groups is 1. The van der Waals surface area contributed by atoms with Crippen LogP contribution in [-0.2, 0) is 5.75 Å². The van der Waals surface area contributed by atoms with E-state index in [0.29, 0.717) is 10.7 Å². The van der Waals surface area contributed by atoms with Gasteiger partial charge in [0.2, 0.25) is 0 Å². The van der Waals surface area contributed by atoms with E-state index in [-0.39, 0.29) is 11.3 Å². The molecule has 0 aliphatic rings. The predicted octanol–water partition coefficient (Wildman–Crippen LogP) is 1.70. The molecule has 0 aliphatic heterocycles. The normalized spacial score (nSPS) is 10.3. The molecule has 0 aliphatic carbocycles. The van der Waals surface area contributed by atoms with Crippen LogP contribution in [0.5, 0.6) is 0 Å². The minimum atomic E-state index is -1.32. The molecule has 1 aromatic carbocycles. The number of carboxylic acid groups (broad SMARTS) is 1. The van der Waals surface area contributed by atoms with Crippen molar-refractivity contribution >= 4 is 23.4 Å². The largest absolute Gasteiger partial charge is 0.477 e. The fraction of sp³-hybridized carbons (Fsp3) is 0.100. The standard InChI is InChI=1S/C10H8N4O4S/c15-9(16)8-6(2-1-3-7(8)14(17)18)4-19-10-11-5-12-13-10/h1-3,5H,4H2,(H,15,16)(H,11,12,13). The summed E-state index contributed by atoms with van der Waals surface area (Å²) in [6.45, 7) is 0. The summed E-state index contributed by atoms with van der Waals surface area (Å²) in [6.07, 6.45) is 1.33. The number of aromatic nitrogens is 3. The number of carboxylic acids is 1. The highest BCUT2D eigenvalue weighted by Crippen LogP contribution is 2.27. The third-order valence-corrected chi connectivity index (χ3v) is 3.22. The Hall–Kier alpha value is -2.42. The lowest BCUT2D eigenvalue weighted by Crippen LogP contribution is -2.06. The molecule has 0 bridgehead atoms. The zero-order valence-corrected chi connectivity index (χ0v) is 10.3. The minimum absolute atomic E-state index is 0.249. The van der Waals surface area contributed by atoms with E-state index in [4.69, 9.17) is 5.11 Å². The number of nitro groups is 1. The summed E-state index contributed by atoms with van der Waals surface area (Å²) in [5.41, 5.74) is -0.342. The lowest BCUT2D eigenvalue weighted by Gasteiger charge is -2.05. The molecule has 2 N–H and O–H groups in total. The molecule has 8 nitrogen and oxygen atoms in total. The highest BCUT2D eigenvalue weighted by molar-refractivity contribution is 7.98. The van der Waals surface area contributed by atoms with Gasteiger partial charge in [-0.3, -0.25) is 15.2 Å². The zero-order chi connectivity index (χ0) is 13.8. The molecule has 0 unspecified atom stereocenters. The first-order chi connectivity index (χ1) is 9.09. The zero-order valence-electron chi connectivity index (χ0n) is 9.44. The van der Waals surface area contributed by atoms with E-state index in [9.17, 15) is 14.9 Å². The van der Waals surface area contributed by atoms with Crippen LogP contribution in [0.15, 0.2) is 29.7 Å². The summed E-state index contributed by atoms with van der Waals surface area (Å²) >= 11 is 1.22. The van der Waals surface area contributed by atoms with Crippen molar-refractivity contribution in [3.63, 3.8) is 0 Å². The Bertz CT molecular complexity index is 614. The Labute approximate surface area is 111 Å². The molecule has 2 aromatic rings. The Balaban J connectivity index is 2.31. The van der Waals surface area contributed by atoms with Crippen LogP contribution in [-0.4, -0.2) is 31.2 Å². The quantitative estimate of drug-likeness (QED) is 0.485. The van der Waals surface area contributed by atoms with Crippen LogP contribution in [0, 0.1) is 10.1 Å². The second-order valence-corrected chi connectivity index (χ2v) is 4.42. The molecule has 2 rings (SSSR count). The van der Waals surface area contributed by atoms with Gasteiger partial charge in [-0.1, -0.05) is 23.9 Å². The molecule has 0 spiro atoms. The van der Waals surface area contributed by atoms with Gasteiger partial charge in [-0.25, -0.2) is 9.78 Å². The third kappa shape index (κ3) is 2.88. The van der Waals surface area contributed by atoms with E-state index in [1.54, 1.807) is 6.07 Å². The van der Waals surface area contributed by atoms with Crippen LogP contribution in [0.4, 0.5) is 5.69 Å². The van der Waals surface area contributed by atoms with Gasteiger partial charge in [-0.15, -0.1) is 0 Å². The highest BCUT2D eigenvalue weighted by Gasteiger charge is 2.23. The second-order valence-electron chi connectivity index (χ2n) is 3.45. The van der Waals surface area contributed by atoms with E-state index in [1.807, 2.05) is 0 Å². The molecular formula is C10H8N4O4S. The van der Waals surface area contributed by atoms with E-state index in [2.05, 4.69) is 15.2 Å². The van der Waals surface area contributed by atoms with Crippen molar-refractivity contribution in [2.75, 3.05) is 0 Å². The number of carbonyl (C=O) groups is 1. The van der Waals surface area contributed by atoms with Crippen LogP contribution >= 0.6 is 11.8 Å². The van der Waals surface area contributed by atoms with Crippen molar-refractivity contribution in [2.24, 2.45) is 0 Å². The summed E-state index contributed by atoms with van der Waals surface area (Å²) in [5.74, 6) is -1.07. The van der Waals surface area contributed by atoms with Crippen molar-refractivity contribution in [3.05, 3.63) is 45.8 Å². The maximum atomic E-state index is 11.2. The first-order valence-corrected chi connectivity index (χ1v) is 6.06. The summed E-state index contributed by atoms with van der Waals surface area (Å²) in [7, 11) is 0. The number of benzene rings is 1. The first kappa shape index (κ1) is 13.0. The fourth-order valence-corrected chi connectivity index (χ4v) is 2.29. The van der Waals surface area contributed by atoms with Gasteiger partial charge in [0.15, 0.2) is 5.16 Å². The summed E-state index contributed by atoms with van der Waals surface area (Å²) in [4.78, 5) is 25.2. The lowest BCUT2D eigenvalue weighted by atomic mass is 10.1. The molecule has 1 heterocycles. The smallest absolute Gasteiger partial charge is 0.343 e. The summed E-state index contributed by atoms with van der Waals surface area (Å²) in [6, 6.07) is 4.17. The minimum Gasteiger partial charge on any atom is -0.477 e. The van der Waals surface area contributed by atoms with Crippen molar-refractivity contribution in [1.82, 2.24) is 15.2 Å². The number of rotatable bonds is 5. The molecule has 1 aromatic heterocycles. The first-order valence-electron chi connectivity index (χ1n) is 5.07. The van der Waals surface area contributed by atoms with Crippen LogP contribution in [0.2, 0.25) is 0 Å². The van der Waals surface area contributed by atoms with Crippen LogP contribution in [0.1, 0.15) is 15.9 Å². The molecule has 0 saturated carbocycles. The summed E-state index contributed by atoms with van der Waals surface area (Å²) in [5, 5.41) is 26.7. The summed E-state index contributed by atoms with van der Waals surface area (Å²) < 4.78 is 0. The topological polar surface area (TPSA) is 122 Å². The molecular weight excluding hydrogens is 272 g/mol. The molecule has 0 atom stereocenters. The lowest BCUT2D eigenvalue weighted by molar-refractivity contribution is -0.385. The average Bonchev–Trinajstić information content (AvgIpc) is 2.88. The molecule has 9 heteroatoms. The van der Waals surface area contributed by atoms with Crippen LogP contribution < -0.4 is 0 Å². The Morgan fingerprint density at radius 2 is 2.32 bits per heavy atom. The number of aromatic carboxylic acids is 1. The molecule has 98 valence electrons. The number of nitrogens with one attached hydrogen (secondary N) is 1. The van der Waals surface area contributed by atoms with Gasteiger partial charge in [0, 0.05) is 11.8 Å². The van der Waals surface area contributed by atoms with Gasteiger partial charge in [0.25, 0.3) is 5.69 Å². The van der Waals surface area contributed by atoms with Crippen LogP contribution in [0.3, 0.4) is 0 Å². The Morgan fingerprint density at radius 3 is 2.89 bits per heavy atom. The highest BCUT2D eigenvalue weighted by atomic mass is 32.2. The SMILES string of the molecule is O=C(O)c1c(CSc2ncn[nH]2)cccc1[N+](=O)[O-]. The van der Waals surface area contributed by atoms with E-state index < -0.39 is 16.6 Å². The fourth-order valence-electron chi connectivity index (χ4n) is 1.52. The maximum absolute atomic E-state index is 11.2. The van der Waals surface area contributed by atoms with Crippen molar-refractivity contribution < 1.29 is 14.8 Å². The molecule has 0 radical (unpaired) electrons. The number of nitro benzene ring substituents is 1. The van der Waals surface area contributed by atoms with Gasteiger partial charge in [-0.2, -0.15) is 5.10 Å². The number of nitrogens with zero attached hydrogens (tertiary/aromatic N) is 3. The van der Waals surface area contributed by atoms with E-state index in [1.165, 1.54) is 30.2 Å². The van der Waals surface area contributed by atoms with Crippen molar-refractivity contribution in [1.29, 1.82) is 0 Å². The Morgan fingerprint density at radius 1 is 1.53 bits per heavy atom. The third-order valence-electron chi connectivity index (χ3n) is 2.30. The van der Waals surface area contributed by atoms with Gasteiger partial charge in [0.1, 0.15) is 11.9 Å². The van der Waals surface area contributed by atoms with Crippen molar-refractivity contribution in [2.45, 2.75) is 10.9 Å². The number of hydrogen-bond donors (Lipinski definition) is 2. The molecule has 0 saturated heterocycles. The average molecular weight is 280 g/mol. The van der Waals surface area contributed by atoms with E-state index in [0.717, 1.165) is 0 Å². The number of H-pyrrole nitrogens is 1. The molecule has 0 fully saturated rings. The number of aromatic amines is 1. The predicted molar refractivity (Wildman–Crippen MR) is 66.0 cm³/mol. The van der Waals surface area contributed by atoms with Gasteiger partial charge in [-0.05, 0) is 5.56 Å². The maximum Gasteiger partial charge on any atom is 0.343 e.